The lowest BCUT2D eigenvalue weighted by Crippen LogP contribution is -2.04. The van der Waals surface area contributed by atoms with Crippen LogP contribution < -0.4 is 0 Å². The summed E-state index contributed by atoms with van der Waals surface area (Å²) in [5.74, 6) is -0.337. The molecule has 0 amide bonds. The van der Waals surface area contributed by atoms with Crippen LogP contribution in [0.1, 0.15) is 37.3 Å². The molecule has 0 heterocycles. The molecule has 0 fully saturated rings. The third-order valence-electron chi connectivity index (χ3n) is 2.64. The van der Waals surface area contributed by atoms with Gasteiger partial charge in [0.25, 0.3) is 0 Å². The Hall–Kier alpha value is -2.08. The lowest BCUT2D eigenvalue weighted by molar-refractivity contribution is -0.133. The highest BCUT2D eigenvalue weighted by atomic mass is 16.5. The predicted molar refractivity (Wildman–Crippen MR) is 70.7 cm³/mol. The van der Waals surface area contributed by atoms with E-state index in [0.717, 1.165) is 24.8 Å². The Morgan fingerprint density at radius 2 is 2.06 bits per heavy atom. The van der Waals surface area contributed by atoms with E-state index in [-0.39, 0.29) is 5.97 Å². The fraction of sp³-hybridized carbons (Fsp3) is 0.333. The van der Waals surface area contributed by atoms with E-state index in [1.54, 1.807) is 24.3 Å². The zero-order valence-corrected chi connectivity index (χ0v) is 10.8. The van der Waals surface area contributed by atoms with Crippen molar-refractivity contribution in [3.63, 3.8) is 0 Å². The molecule has 18 heavy (non-hydrogen) atoms. The summed E-state index contributed by atoms with van der Waals surface area (Å²) in [5.41, 5.74) is 1.93. The SMILES string of the molecule is CCCC/C=C(\C(=O)OC)c1ccc(C#N)cc1. The minimum atomic E-state index is -0.337. The van der Waals surface area contributed by atoms with Gasteiger partial charge in [-0.25, -0.2) is 4.79 Å². The van der Waals surface area contributed by atoms with Crippen molar-refractivity contribution in [2.75, 3.05) is 7.11 Å². The molecule has 0 aromatic heterocycles. The van der Waals surface area contributed by atoms with Gasteiger partial charge >= 0.3 is 5.97 Å². The molecule has 1 aromatic carbocycles. The van der Waals surface area contributed by atoms with Crippen molar-refractivity contribution in [1.29, 1.82) is 5.26 Å². The van der Waals surface area contributed by atoms with Crippen molar-refractivity contribution in [1.82, 2.24) is 0 Å². The van der Waals surface area contributed by atoms with Crippen molar-refractivity contribution in [3.05, 3.63) is 41.5 Å². The molecule has 0 spiro atoms. The van der Waals surface area contributed by atoms with Crippen LogP contribution in [0.5, 0.6) is 0 Å². The highest BCUT2D eigenvalue weighted by Gasteiger charge is 2.11. The molecule has 0 bridgehead atoms. The Morgan fingerprint density at radius 3 is 2.56 bits per heavy atom. The Bertz CT molecular complexity index is 466. The number of methoxy groups -OCH3 is 1. The molecule has 1 rings (SSSR count). The summed E-state index contributed by atoms with van der Waals surface area (Å²) < 4.78 is 4.78. The van der Waals surface area contributed by atoms with E-state index in [4.69, 9.17) is 10.00 Å². The molecule has 0 atom stereocenters. The lowest BCUT2D eigenvalue weighted by Gasteiger charge is -2.06. The number of carbonyl (C=O) groups is 1. The Kier molecular flexibility index (Phi) is 5.66. The van der Waals surface area contributed by atoms with Gasteiger partial charge in [-0.1, -0.05) is 38.0 Å². The van der Waals surface area contributed by atoms with Crippen LogP contribution >= 0.6 is 0 Å². The van der Waals surface area contributed by atoms with Crippen molar-refractivity contribution in [2.24, 2.45) is 0 Å². The van der Waals surface area contributed by atoms with Crippen molar-refractivity contribution >= 4 is 11.5 Å². The minimum Gasteiger partial charge on any atom is -0.465 e. The Labute approximate surface area is 108 Å². The number of esters is 1. The number of ether oxygens (including phenoxy) is 1. The first-order valence-electron chi connectivity index (χ1n) is 6.02. The Morgan fingerprint density at radius 1 is 1.39 bits per heavy atom. The summed E-state index contributed by atoms with van der Waals surface area (Å²) in [7, 11) is 1.37. The van der Waals surface area contributed by atoms with E-state index in [9.17, 15) is 4.79 Å². The van der Waals surface area contributed by atoms with Crippen molar-refractivity contribution < 1.29 is 9.53 Å². The van der Waals surface area contributed by atoms with E-state index < -0.39 is 0 Å². The van der Waals surface area contributed by atoms with Crippen LogP contribution in [0.2, 0.25) is 0 Å². The second-order valence-corrected chi connectivity index (χ2v) is 3.94. The quantitative estimate of drug-likeness (QED) is 0.453. The smallest absolute Gasteiger partial charge is 0.338 e. The number of hydrogen-bond acceptors (Lipinski definition) is 3. The standard InChI is InChI=1S/C15H17NO2/c1-3-4-5-6-14(15(17)18-2)13-9-7-12(11-16)8-10-13/h6-10H,3-5H2,1-2H3/b14-6-. The summed E-state index contributed by atoms with van der Waals surface area (Å²) in [6.45, 7) is 2.10. The van der Waals surface area contributed by atoms with Crippen LogP contribution in [0, 0.1) is 11.3 Å². The van der Waals surface area contributed by atoms with Gasteiger partial charge in [0.05, 0.1) is 24.3 Å². The highest BCUT2D eigenvalue weighted by Crippen LogP contribution is 2.18. The van der Waals surface area contributed by atoms with E-state index in [0.29, 0.717) is 11.1 Å². The lowest BCUT2D eigenvalue weighted by atomic mass is 10.0. The number of rotatable bonds is 5. The van der Waals surface area contributed by atoms with Crippen LogP contribution in [0.3, 0.4) is 0 Å². The van der Waals surface area contributed by atoms with E-state index in [1.807, 2.05) is 6.08 Å². The molecule has 0 aliphatic heterocycles. The zero-order chi connectivity index (χ0) is 13.4. The first-order valence-corrected chi connectivity index (χ1v) is 6.02. The van der Waals surface area contributed by atoms with Gasteiger partial charge in [0, 0.05) is 0 Å². The third kappa shape index (κ3) is 3.74. The topological polar surface area (TPSA) is 50.1 Å². The molecule has 0 unspecified atom stereocenters. The molecule has 94 valence electrons. The van der Waals surface area contributed by atoms with Gasteiger partial charge in [0.1, 0.15) is 0 Å². The maximum absolute atomic E-state index is 11.7. The number of benzene rings is 1. The van der Waals surface area contributed by atoms with E-state index in [1.165, 1.54) is 7.11 Å². The molecule has 0 aliphatic carbocycles. The summed E-state index contributed by atoms with van der Waals surface area (Å²) in [4.78, 5) is 11.7. The van der Waals surface area contributed by atoms with Gasteiger partial charge < -0.3 is 4.74 Å². The molecule has 0 saturated carbocycles. The fourth-order valence-corrected chi connectivity index (χ4v) is 1.60. The Balaban J connectivity index is 2.98. The molecule has 0 aliphatic rings. The molecule has 0 saturated heterocycles. The number of hydrogen-bond donors (Lipinski definition) is 0. The van der Waals surface area contributed by atoms with Gasteiger partial charge in [0.15, 0.2) is 0 Å². The molecule has 1 aromatic rings. The summed E-state index contributed by atoms with van der Waals surface area (Å²) >= 11 is 0. The van der Waals surface area contributed by atoms with Gasteiger partial charge in [-0.15, -0.1) is 0 Å². The van der Waals surface area contributed by atoms with Crippen molar-refractivity contribution in [3.8, 4) is 6.07 Å². The van der Waals surface area contributed by atoms with Gasteiger partial charge in [0.2, 0.25) is 0 Å². The summed E-state index contributed by atoms with van der Waals surface area (Å²) in [6.07, 6.45) is 4.87. The van der Waals surface area contributed by atoms with Crippen LogP contribution in [-0.2, 0) is 9.53 Å². The highest BCUT2D eigenvalue weighted by molar-refractivity contribution is 6.16. The first-order chi connectivity index (χ1) is 8.72. The normalized spacial score (nSPS) is 10.8. The average Bonchev–Trinajstić information content (AvgIpc) is 2.43. The first kappa shape index (κ1) is 14.0. The molecule has 3 heteroatoms. The van der Waals surface area contributed by atoms with Gasteiger partial charge in [-0.2, -0.15) is 5.26 Å². The zero-order valence-electron chi connectivity index (χ0n) is 10.8. The molecular formula is C15H17NO2. The molecular weight excluding hydrogens is 226 g/mol. The van der Waals surface area contributed by atoms with Gasteiger partial charge in [-0.05, 0) is 24.1 Å². The largest absolute Gasteiger partial charge is 0.465 e. The van der Waals surface area contributed by atoms with Crippen LogP contribution in [0.25, 0.3) is 5.57 Å². The summed E-state index contributed by atoms with van der Waals surface area (Å²) in [5, 5.41) is 8.74. The number of allylic oxidation sites excluding steroid dienone is 1. The maximum Gasteiger partial charge on any atom is 0.338 e. The number of nitriles is 1. The average molecular weight is 243 g/mol. The maximum atomic E-state index is 11.7. The predicted octanol–water partition coefficient (Wildman–Crippen LogP) is 3.30. The fourth-order valence-electron chi connectivity index (χ4n) is 1.60. The molecule has 0 N–H and O–H groups in total. The van der Waals surface area contributed by atoms with Crippen molar-refractivity contribution in [2.45, 2.75) is 26.2 Å². The number of nitrogens with zero attached hydrogens (tertiary/aromatic N) is 1. The van der Waals surface area contributed by atoms with Gasteiger partial charge in [-0.3, -0.25) is 0 Å². The monoisotopic (exact) mass is 243 g/mol. The minimum absolute atomic E-state index is 0.337. The van der Waals surface area contributed by atoms with Crippen LogP contribution in [0.15, 0.2) is 30.3 Å². The third-order valence-corrected chi connectivity index (χ3v) is 2.64. The van der Waals surface area contributed by atoms with Crippen LogP contribution in [0.4, 0.5) is 0 Å². The van der Waals surface area contributed by atoms with E-state index >= 15 is 0 Å². The second kappa shape index (κ2) is 7.29. The second-order valence-electron chi connectivity index (χ2n) is 3.94. The van der Waals surface area contributed by atoms with E-state index in [2.05, 4.69) is 13.0 Å². The molecule has 3 nitrogen and oxygen atoms in total. The number of carbonyl (C=O) groups excluding carboxylic acids is 1. The number of unbranched alkanes of at least 4 members (excludes halogenated alkanes) is 2. The summed E-state index contributed by atoms with van der Waals surface area (Å²) in [6, 6.07) is 9.00. The molecule has 0 radical (unpaired) electrons. The van der Waals surface area contributed by atoms with Crippen LogP contribution in [-0.4, -0.2) is 13.1 Å².